The van der Waals surface area contributed by atoms with Gasteiger partial charge in [-0.15, -0.1) is 0 Å². The fourth-order valence-electron chi connectivity index (χ4n) is 3.78. The van der Waals surface area contributed by atoms with Gasteiger partial charge in [0, 0.05) is 19.2 Å². The van der Waals surface area contributed by atoms with Gasteiger partial charge < -0.3 is 10.1 Å². The van der Waals surface area contributed by atoms with Crippen molar-refractivity contribution in [1.82, 2.24) is 15.8 Å². The van der Waals surface area contributed by atoms with E-state index in [4.69, 9.17) is 21.5 Å². The Kier molecular flexibility index (Phi) is 11.0. The molecule has 176 valence electrons. The predicted octanol–water partition coefficient (Wildman–Crippen LogP) is 5.23. The molecule has 2 rings (SSSR count). The lowest BCUT2D eigenvalue weighted by Gasteiger charge is -2.23. The third kappa shape index (κ3) is 8.13. The molecule has 3 N–H and O–H groups in total. The van der Waals surface area contributed by atoms with E-state index < -0.39 is 11.8 Å². The molecule has 3 unspecified atom stereocenters. The van der Waals surface area contributed by atoms with Crippen molar-refractivity contribution in [2.45, 2.75) is 51.7 Å². The maximum Gasteiger partial charge on any atom is 0.246 e. The first-order chi connectivity index (χ1) is 15.3. The monoisotopic (exact) mass is 465 g/mol. The number of ether oxygens (including phenoxy) is 1. The number of halogens is 2. The molecule has 0 saturated heterocycles. The summed E-state index contributed by atoms with van der Waals surface area (Å²) in [7, 11) is 1.56. The van der Waals surface area contributed by atoms with Crippen LogP contribution in [0.1, 0.15) is 62.9 Å². The van der Waals surface area contributed by atoms with Gasteiger partial charge in [0.05, 0.1) is 22.9 Å². The number of amides is 1. The number of carbonyl (C=O) groups excluding carboxylic acids is 1. The Bertz CT molecular complexity index is 818. The number of nitrogens with zero attached hydrogens (tertiary/aromatic N) is 1. The summed E-state index contributed by atoms with van der Waals surface area (Å²) in [5.74, 6) is -0.828. The van der Waals surface area contributed by atoms with Gasteiger partial charge in [-0.05, 0) is 61.6 Å². The Morgan fingerprint density at radius 3 is 2.47 bits per heavy atom. The highest BCUT2D eigenvalue weighted by atomic mass is 35.5. The molecule has 0 bridgehead atoms. The molecule has 1 aromatic heterocycles. The molecule has 3 atom stereocenters. The zero-order chi connectivity index (χ0) is 23.5. The van der Waals surface area contributed by atoms with Crippen LogP contribution in [0.3, 0.4) is 0 Å². The molecule has 0 aliphatic rings. The quantitative estimate of drug-likeness (QED) is 0.214. The summed E-state index contributed by atoms with van der Waals surface area (Å²) in [4.78, 5) is 16.6. The lowest BCUT2D eigenvalue weighted by atomic mass is 9.91. The summed E-state index contributed by atoms with van der Waals surface area (Å²) in [5, 5.41) is 13.3. The minimum Gasteiger partial charge on any atom is -0.377 e. The van der Waals surface area contributed by atoms with Crippen molar-refractivity contribution in [3.8, 4) is 0 Å². The summed E-state index contributed by atoms with van der Waals surface area (Å²) < 4.78 is 18.7. The molecular weight excluding hydrogens is 433 g/mol. The minimum atomic E-state index is -0.437. The largest absolute Gasteiger partial charge is 0.377 e. The van der Waals surface area contributed by atoms with Crippen molar-refractivity contribution in [3.05, 3.63) is 64.7 Å². The van der Waals surface area contributed by atoms with E-state index in [9.17, 15) is 9.18 Å². The molecule has 0 spiro atoms. The van der Waals surface area contributed by atoms with Gasteiger partial charge >= 0.3 is 0 Å². The second-order valence-electron chi connectivity index (χ2n) is 8.26. The number of nitrogens with one attached hydrogen (secondary N) is 2. The van der Waals surface area contributed by atoms with E-state index >= 15 is 0 Å². The molecule has 1 aromatic carbocycles. The summed E-state index contributed by atoms with van der Waals surface area (Å²) in [6.45, 7) is 5.04. The number of hydroxylamine groups is 1. The molecule has 0 radical (unpaired) electrons. The van der Waals surface area contributed by atoms with E-state index in [1.807, 2.05) is 12.1 Å². The Morgan fingerprint density at radius 1 is 1.19 bits per heavy atom. The normalized spacial score (nSPS) is 14.2. The standard InChI is InChI=1S/C24H33ClFN3O3/c1-16(2)23(21-12-9-19(25)15-28-21)27-13-5-4-6-18(24(30)29-31)14-22(32-3)17-7-10-20(26)11-8-17/h7-12,15-16,18,22-23,27,31H,4-6,13-14H2,1-3H3,(H,29,30). The third-order valence-electron chi connectivity index (χ3n) is 5.59. The van der Waals surface area contributed by atoms with Crippen LogP contribution in [0.2, 0.25) is 5.02 Å². The van der Waals surface area contributed by atoms with Gasteiger partial charge in [-0.1, -0.05) is 44.0 Å². The van der Waals surface area contributed by atoms with Crippen molar-refractivity contribution in [1.29, 1.82) is 0 Å². The van der Waals surface area contributed by atoms with Crippen LogP contribution >= 0.6 is 11.6 Å². The number of unbranched alkanes of at least 4 members (excludes halogenated alkanes) is 1. The predicted molar refractivity (Wildman–Crippen MR) is 123 cm³/mol. The van der Waals surface area contributed by atoms with E-state index in [2.05, 4.69) is 24.1 Å². The van der Waals surface area contributed by atoms with Gasteiger partial charge in [0.25, 0.3) is 0 Å². The second kappa shape index (κ2) is 13.5. The highest BCUT2D eigenvalue weighted by Gasteiger charge is 2.24. The molecule has 6 nitrogen and oxygen atoms in total. The molecule has 0 fully saturated rings. The summed E-state index contributed by atoms with van der Waals surface area (Å²) in [5.41, 5.74) is 3.51. The molecule has 0 saturated carbocycles. The molecule has 32 heavy (non-hydrogen) atoms. The maximum atomic E-state index is 13.2. The van der Waals surface area contributed by atoms with Gasteiger partial charge in [-0.25, -0.2) is 9.87 Å². The van der Waals surface area contributed by atoms with Crippen LogP contribution in [0.15, 0.2) is 42.6 Å². The van der Waals surface area contributed by atoms with E-state index in [0.717, 1.165) is 30.6 Å². The Balaban J connectivity index is 1.88. The third-order valence-corrected chi connectivity index (χ3v) is 5.81. The first kappa shape index (κ1) is 26.2. The number of benzene rings is 1. The summed E-state index contributed by atoms with van der Waals surface area (Å²) >= 11 is 5.94. The van der Waals surface area contributed by atoms with Crippen LogP contribution in [0.5, 0.6) is 0 Å². The molecule has 0 aliphatic heterocycles. The summed E-state index contributed by atoms with van der Waals surface area (Å²) in [6.07, 6.45) is 3.94. The molecule has 2 aromatic rings. The zero-order valence-corrected chi connectivity index (χ0v) is 19.6. The Morgan fingerprint density at radius 2 is 1.91 bits per heavy atom. The van der Waals surface area contributed by atoms with E-state index in [1.165, 1.54) is 12.1 Å². The van der Waals surface area contributed by atoms with E-state index in [-0.39, 0.29) is 18.0 Å². The number of rotatable bonds is 13. The first-order valence-corrected chi connectivity index (χ1v) is 11.3. The molecular formula is C24H33ClFN3O3. The number of pyridine rings is 1. The number of carbonyl (C=O) groups is 1. The van der Waals surface area contributed by atoms with Crippen LogP contribution < -0.4 is 10.8 Å². The van der Waals surface area contributed by atoms with Crippen LogP contribution in [0.4, 0.5) is 4.39 Å². The van der Waals surface area contributed by atoms with Gasteiger partial charge in [0.15, 0.2) is 0 Å². The minimum absolute atomic E-state index is 0.111. The SMILES string of the molecule is COC(CC(CCCCNC(c1ccc(Cl)cn1)C(C)C)C(=O)NO)c1ccc(F)cc1. The number of aromatic nitrogens is 1. The van der Waals surface area contributed by atoms with Gasteiger partial charge in [-0.2, -0.15) is 0 Å². The molecule has 8 heteroatoms. The van der Waals surface area contributed by atoms with Crippen LogP contribution in [-0.4, -0.2) is 29.8 Å². The Labute approximate surface area is 194 Å². The molecule has 1 amide bonds. The average molecular weight is 466 g/mol. The topological polar surface area (TPSA) is 83.5 Å². The molecule has 0 aliphatic carbocycles. The van der Waals surface area contributed by atoms with Crippen molar-refractivity contribution >= 4 is 17.5 Å². The van der Waals surface area contributed by atoms with Crippen molar-refractivity contribution in [2.75, 3.05) is 13.7 Å². The van der Waals surface area contributed by atoms with Crippen LogP contribution in [0, 0.1) is 17.7 Å². The lowest BCUT2D eigenvalue weighted by molar-refractivity contribution is -0.135. The van der Waals surface area contributed by atoms with Crippen molar-refractivity contribution in [2.24, 2.45) is 11.8 Å². The highest BCUT2D eigenvalue weighted by molar-refractivity contribution is 6.30. The van der Waals surface area contributed by atoms with Gasteiger partial charge in [-0.3, -0.25) is 15.0 Å². The maximum absolute atomic E-state index is 13.2. The van der Waals surface area contributed by atoms with Gasteiger partial charge in [0.1, 0.15) is 5.82 Å². The number of hydrogen-bond acceptors (Lipinski definition) is 5. The second-order valence-corrected chi connectivity index (χ2v) is 8.69. The van der Waals surface area contributed by atoms with Crippen LogP contribution in [0.25, 0.3) is 0 Å². The van der Waals surface area contributed by atoms with Crippen molar-refractivity contribution in [3.63, 3.8) is 0 Å². The van der Waals surface area contributed by atoms with Crippen molar-refractivity contribution < 1.29 is 19.1 Å². The number of methoxy groups -OCH3 is 1. The molecule has 1 heterocycles. The summed E-state index contributed by atoms with van der Waals surface area (Å²) in [6, 6.07) is 9.93. The van der Waals surface area contributed by atoms with Gasteiger partial charge in [0.2, 0.25) is 5.91 Å². The zero-order valence-electron chi connectivity index (χ0n) is 18.9. The fourth-order valence-corrected chi connectivity index (χ4v) is 3.89. The van der Waals surface area contributed by atoms with Crippen LogP contribution in [-0.2, 0) is 9.53 Å². The van der Waals surface area contributed by atoms with E-state index in [0.29, 0.717) is 23.8 Å². The fraction of sp³-hybridized carbons (Fsp3) is 0.500. The highest BCUT2D eigenvalue weighted by Crippen LogP contribution is 2.28. The first-order valence-electron chi connectivity index (χ1n) is 10.9. The smallest absolute Gasteiger partial charge is 0.246 e. The Hall–Kier alpha value is -2.06. The van der Waals surface area contributed by atoms with E-state index in [1.54, 1.807) is 30.9 Å². The number of hydrogen-bond donors (Lipinski definition) is 3. The average Bonchev–Trinajstić information content (AvgIpc) is 2.79. The lowest BCUT2D eigenvalue weighted by Crippen LogP contribution is -2.30.